The van der Waals surface area contributed by atoms with Gasteiger partial charge in [0.05, 0.1) is 13.7 Å². The summed E-state index contributed by atoms with van der Waals surface area (Å²) in [5, 5.41) is -9.38. The molecule has 0 aliphatic carbocycles. The minimum atomic E-state index is -4.08. The molecule has 3 aromatic carbocycles. The fourth-order valence-corrected chi connectivity index (χ4v) is 3.26. The van der Waals surface area contributed by atoms with Crippen molar-refractivity contribution in [1.82, 2.24) is 0 Å². The summed E-state index contributed by atoms with van der Waals surface area (Å²) in [4.78, 5) is 0. The van der Waals surface area contributed by atoms with Gasteiger partial charge in [-0.1, -0.05) is 93.3 Å². The van der Waals surface area contributed by atoms with E-state index in [1.54, 1.807) is 0 Å². The van der Waals surface area contributed by atoms with Gasteiger partial charge in [-0.3, -0.25) is 0 Å². The van der Waals surface area contributed by atoms with E-state index < -0.39 is 133 Å². The van der Waals surface area contributed by atoms with Crippen LogP contribution in [0.1, 0.15) is 74.3 Å². The molecule has 0 saturated heterocycles. The fraction of sp³-hybridized carbons (Fsp3) is 0.304. The number of benzene rings is 3. The molecule has 120 valence electrons. The van der Waals surface area contributed by atoms with Gasteiger partial charge in [0.2, 0.25) is 0 Å². The van der Waals surface area contributed by atoms with Crippen molar-refractivity contribution in [1.29, 1.82) is 0 Å². The molecule has 0 bridgehead atoms. The van der Waals surface area contributed by atoms with Gasteiger partial charge in [-0.2, -0.15) is 0 Å². The molecule has 0 fully saturated rings. The van der Waals surface area contributed by atoms with E-state index in [1.807, 2.05) is 0 Å². The molecule has 0 atom stereocenters. The third-order valence-corrected chi connectivity index (χ3v) is 4.34. The molecule has 1 heteroatoms. The van der Waals surface area contributed by atoms with Crippen LogP contribution in [-0.2, 0) is 10.6 Å². The molecule has 0 spiro atoms. The van der Waals surface area contributed by atoms with E-state index in [0.717, 1.165) is 6.92 Å². The van der Waals surface area contributed by atoms with Crippen molar-refractivity contribution in [3.05, 3.63) is 77.1 Å². The van der Waals surface area contributed by atoms with Gasteiger partial charge in [0.15, 0.2) is 6.71 Å². The summed E-state index contributed by atoms with van der Waals surface area (Å²) in [5.74, 6) is 0. The third kappa shape index (κ3) is 1.94. The highest BCUT2D eigenvalue weighted by molar-refractivity contribution is 6.79. The van der Waals surface area contributed by atoms with Gasteiger partial charge in [0.1, 0.15) is 0 Å². The van der Waals surface area contributed by atoms with Crippen molar-refractivity contribution in [2.24, 2.45) is 0 Å². The standard InChI is InChI=1S/C23H25B/c1-16-14-15-20-21-18(16)12-9-13-19(21)22(2,3)24(23(20,4)5)17-10-7-6-8-11-17/h6-15H,1-5H3/i2D3,3D3,4D3,5D3,6D,7D,8D,9D,10D,11D,12D,13D,14D,15D. The molecule has 3 aromatic rings. The lowest BCUT2D eigenvalue weighted by atomic mass is 9.17. The van der Waals surface area contributed by atoms with Crippen LogP contribution in [0.3, 0.4) is 0 Å². The molecule has 1 aliphatic heterocycles. The minimum absolute atomic E-state index is 0.334. The van der Waals surface area contributed by atoms with Crippen molar-refractivity contribution in [2.45, 2.75) is 45.0 Å². The van der Waals surface area contributed by atoms with Crippen LogP contribution < -0.4 is 5.46 Å². The van der Waals surface area contributed by atoms with Gasteiger partial charge >= 0.3 is 0 Å². The zero-order valence-corrected chi connectivity index (χ0v) is 12.6. The Balaban J connectivity index is 2.74. The number of hydrogen-bond acceptors (Lipinski definition) is 0. The van der Waals surface area contributed by atoms with Crippen LogP contribution in [-0.4, -0.2) is 6.71 Å². The lowest BCUT2D eigenvalue weighted by Crippen LogP contribution is -2.61. The minimum Gasteiger partial charge on any atom is -0.0782 e. The van der Waals surface area contributed by atoms with E-state index in [1.165, 1.54) is 0 Å². The molecular weight excluding hydrogens is 287 g/mol. The smallest absolute Gasteiger partial charge is 0.0782 e. The molecule has 0 saturated carbocycles. The van der Waals surface area contributed by atoms with E-state index in [-0.39, 0.29) is 5.56 Å². The van der Waals surface area contributed by atoms with Crippen LogP contribution in [0, 0.1) is 6.92 Å². The SMILES string of the molecule is [2H]c1c([2H])c([2H])c(B2C(C([2H])([2H])[2H])(C([2H])([2H])[2H])c3c([2H])c([2H])c([2H])c4c(C)c([2H])c([2H])c(c34)C2(C([2H])([2H])[2H])C([2H])([2H])[2H])c([2H])c1[2H]. The monoisotopic (exact) mass is 334 g/mol. The van der Waals surface area contributed by atoms with Gasteiger partial charge in [-0.05, 0) is 45.0 Å². The average Bonchev–Trinajstić information content (AvgIpc) is 2.88. The van der Waals surface area contributed by atoms with E-state index in [9.17, 15) is 0 Å². The molecule has 0 amide bonds. The molecule has 0 radical (unpaired) electrons. The summed E-state index contributed by atoms with van der Waals surface area (Å²) in [6, 6.07) is -11.3. The van der Waals surface area contributed by atoms with Crippen molar-refractivity contribution in [2.75, 3.05) is 0 Å². The van der Waals surface area contributed by atoms with E-state index in [2.05, 4.69) is 0 Å². The Hall–Kier alpha value is -2.02. The Labute approximate surface area is 176 Å². The summed E-state index contributed by atoms with van der Waals surface area (Å²) in [7, 11) is 0. The maximum Gasteiger partial charge on any atom is 0.196 e. The van der Waals surface area contributed by atoms with Crippen LogP contribution >= 0.6 is 0 Å². The van der Waals surface area contributed by atoms with Crippen LogP contribution in [0.25, 0.3) is 10.8 Å². The third-order valence-electron chi connectivity index (χ3n) is 4.34. The largest absolute Gasteiger partial charge is 0.196 e. The van der Waals surface area contributed by atoms with Gasteiger partial charge in [-0.15, -0.1) is 0 Å². The van der Waals surface area contributed by atoms with Gasteiger partial charge in [0.25, 0.3) is 0 Å². The molecule has 1 heterocycles. The topological polar surface area (TPSA) is 0 Å². The molecular formula is C23H25B. The number of aryl methyl sites for hydroxylation is 1. The van der Waals surface area contributed by atoms with Crippen LogP contribution in [0.5, 0.6) is 0 Å². The summed E-state index contributed by atoms with van der Waals surface area (Å²) >= 11 is 0. The van der Waals surface area contributed by atoms with Crippen molar-refractivity contribution in [3.8, 4) is 0 Å². The number of rotatable bonds is 1. The highest BCUT2D eigenvalue weighted by Gasteiger charge is 2.51. The molecule has 24 heavy (non-hydrogen) atoms. The lowest BCUT2D eigenvalue weighted by Gasteiger charge is -2.48. The normalized spacial score (nSPS) is 33.3. The molecule has 1 aliphatic rings. The summed E-state index contributed by atoms with van der Waals surface area (Å²) in [6.45, 7) is -18.4. The molecule has 0 nitrogen and oxygen atoms in total. The van der Waals surface area contributed by atoms with E-state index >= 15 is 0 Å². The van der Waals surface area contributed by atoms with Crippen molar-refractivity contribution < 1.29 is 30.2 Å². The van der Waals surface area contributed by atoms with Gasteiger partial charge in [0, 0.05) is 16.4 Å². The summed E-state index contributed by atoms with van der Waals surface area (Å²) < 4.78 is 191. The van der Waals surface area contributed by atoms with Crippen LogP contribution in [0.2, 0.25) is 0 Å². The Morgan fingerprint density at radius 2 is 1.46 bits per heavy atom. The van der Waals surface area contributed by atoms with E-state index in [4.69, 9.17) is 30.2 Å². The Morgan fingerprint density at radius 3 is 2.12 bits per heavy atom. The molecule has 0 N–H and O–H groups in total. The number of hydrogen-bond donors (Lipinski definition) is 0. The second kappa shape index (κ2) is 4.99. The second-order valence-electron chi connectivity index (χ2n) is 5.84. The Bertz CT molecular complexity index is 1660. The first-order chi connectivity index (χ1) is 20.5. The van der Waals surface area contributed by atoms with Crippen LogP contribution in [0.4, 0.5) is 0 Å². The lowest BCUT2D eigenvalue weighted by molar-refractivity contribution is 0.636. The quantitative estimate of drug-likeness (QED) is 0.537. The average molecular weight is 334 g/mol. The first-order valence-electron chi connectivity index (χ1n) is 18.1. The molecule has 0 unspecified atom stereocenters. The predicted octanol–water partition coefficient (Wildman–Crippen LogP) is 5.20. The predicted molar refractivity (Wildman–Crippen MR) is 107 cm³/mol. The highest BCUT2D eigenvalue weighted by Crippen LogP contribution is 2.48. The summed E-state index contributed by atoms with van der Waals surface area (Å²) in [5.41, 5.74) is -4.00. The maximum atomic E-state index is 8.94. The Morgan fingerprint density at radius 1 is 0.792 bits per heavy atom. The zero-order valence-electron chi connectivity index (χ0n) is 34.6. The molecule has 4 rings (SSSR count). The highest BCUT2D eigenvalue weighted by atomic mass is 14.4. The Kier molecular flexibility index (Phi) is 0.912. The zero-order chi connectivity index (χ0) is 35.8. The van der Waals surface area contributed by atoms with Crippen molar-refractivity contribution >= 4 is 22.9 Å². The fourth-order valence-electron chi connectivity index (χ4n) is 3.26. The van der Waals surface area contributed by atoms with Gasteiger partial charge in [-0.25, -0.2) is 0 Å². The van der Waals surface area contributed by atoms with Gasteiger partial charge < -0.3 is 0 Å². The first-order valence-corrected chi connectivity index (χ1v) is 7.12. The molecule has 0 aromatic heterocycles. The van der Waals surface area contributed by atoms with Crippen molar-refractivity contribution in [3.63, 3.8) is 0 Å². The van der Waals surface area contributed by atoms with Crippen LogP contribution in [0.15, 0.2) is 60.4 Å². The van der Waals surface area contributed by atoms with E-state index in [0.29, 0.717) is 0 Å². The first kappa shape index (κ1) is 4.39. The maximum absolute atomic E-state index is 8.94. The second-order valence-corrected chi connectivity index (χ2v) is 5.84. The summed E-state index contributed by atoms with van der Waals surface area (Å²) in [6.07, 6.45) is 0.